The number of benzene rings is 2. The molecule has 1 aliphatic heterocycles. The van der Waals surface area contributed by atoms with Crippen molar-refractivity contribution in [2.24, 2.45) is 0 Å². The quantitative estimate of drug-likeness (QED) is 0.464. The molecule has 0 aromatic heterocycles. The molecule has 4 nitrogen and oxygen atoms in total. The number of carbonyl (C=O) groups is 1. The molecule has 0 spiro atoms. The van der Waals surface area contributed by atoms with Gasteiger partial charge in [-0.25, -0.2) is 4.79 Å². The summed E-state index contributed by atoms with van der Waals surface area (Å²) in [6.45, 7) is 1.11. The fourth-order valence-electron chi connectivity index (χ4n) is 2.76. The monoisotopic (exact) mass is 323 g/mol. The SMILES string of the molecule is O=C(OCc1ccccc1)C(/C=C/c1ccccc1)[N+]1([O-])CCC1. The van der Waals surface area contributed by atoms with E-state index in [0.29, 0.717) is 13.1 Å². The number of likely N-dealkylation sites (tertiary alicyclic amines) is 1. The Morgan fingerprint density at radius 3 is 2.29 bits per heavy atom. The van der Waals surface area contributed by atoms with E-state index in [-0.39, 0.29) is 6.61 Å². The number of rotatable bonds is 6. The van der Waals surface area contributed by atoms with Crippen molar-refractivity contribution in [1.29, 1.82) is 0 Å². The molecule has 0 bridgehead atoms. The molecule has 1 unspecified atom stereocenters. The van der Waals surface area contributed by atoms with Crippen LogP contribution in [0.3, 0.4) is 0 Å². The number of hydroxylamine groups is 3. The van der Waals surface area contributed by atoms with Gasteiger partial charge in [0.1, 0.15) is 6.61 Å². The average molecular weight is 323 g/mol. The minimum absolute atomic E-state index is 0.190. The van der Waals surface area contributed by atoms with Gasteiger partial charge in [-0.3, -0.25) is 0 Å². The van der Waals surface area contributed by atoms with Crippen molar-refractivity contribution in [3.8, 4) is 0 Å². The van der Waals surface area contributed by atoms with Crippen molar-refractivity contribution in [2.45, 2.75) is 19.1 Å². The predicted octanol–water partition coefficient (Wildman–Crippen LogP) is 3.53. The molecule has 0 amide bonds. The number of hydrogen-bond acceptors (Lipinski definition) is 3. The van der Waals surface area contributed by atoms with E-state index in [1.165, 1.54) is 0 Å². The second kappa shape index (κ2) is 7.43. The van der Waals surface area contributed by atoms with Crippen LogP contribution in [0, 0.1) is 5.21 Å². The van der Waals surface area contributed by atoms with Crippen LogP contribution in [-0.4, -0.2) is 29.7 Å². The van der Waals surface area contributed by atoms with Crippen molar-refractivity contribution in [2.75, 3.05) is 13.1 Å². The van der Waals surface area contributed by atoms with Crippen LogP contribution in [0.25, 0.3) is 6.08 Å². The van der Waals surface area contributed by atoms with Crippen molar-refractivity contribution in [3.05, 3.63) is 83.1 Å². The van der Waals surface area contributed by atoms with Gasteiger partial charge in [0, 0.05) is 6.42 Å². The molecule has 0 radical (unpaired) electrons. The van der Waals surface area contributed by atoms with Gasteiger partial charge in [0.05, 0.1) is 13.1 Å². The van der Waals surface area contributed by atoms with Crippen molar-refractivity contribution in [1.82, 2.24) is 0 Å². The van der Waals surface area contributed by atoms with E-state index in [0.717, 1.165) is 17.5 Å². The highest BCUT2D eigenvalue weighted by molar-refractivity contribution is 5.78. The molecule has 1 fully saturated rings. The maximum atomic E-state index is 12.7. The average Bonchev–Trinajstić information content (AvgIpc) is 2.60. The normalized spacial score (nSPS) is 17.2. The summed E-state index contributed by atoms with van der Waals surface area (Å²) in [6, 6.07) is 18.3. The van der Waals surface area contributed by atoms with E-state index in [2.05, 4.69) is 0 Å². The third-order valence-electron chi connectivity index (χ3n) is 4.32. The summed E-state index contributed by atoms with van der Waals surface area (Å²) in [5.41, 5.74) is 1.88. The second-order valence-corrected chi connectivity index (χ2v) is 6.06. The molecular weight excluding hydrogens is 302 g/mol. The lowest BCUT2D eigenvalue weighted by atomic mass is 10.1. The Balaban J connectivity index is 1.70. The molecule has 0 aliphatic carbocycles. The van der Waals surface area contributed by atoms with Gasteiger partial charge in [0.2, 0.25) is 6.04 Å². The number of carbonyl (C=O) groups excluding carboxylic acids is 1. The highest BCUT2D eigenvalue weighted by Crippen LogP contribution is 2.25. The van der Waals surface area contributed by atoms with Gasteiger partial charge in [-0.05, 0) is 17.2 Å². The molecule has 24 heavy (non-hydrogen) atoms. The van der Waals surface area contributed by atoms with Gasteiger partial charge in [0.25, 0.3) is 0 Å². The van der Waals surface area contributed by atoms with E-state index < -0.39 is 16.7 Å². The van der Waals surface area contributed by atoms with Crippen LogP contribution < -0.4 is 0 Å². The summed E-state index contributed by atoms with van der Waals surface area (Å²) >= 11 is 0. The third-order valence-corrected chi connectivity index (χ3v) is 4.32. The molecule has 2 aromatic carbocycles. The van der Waals surface area contributed by atoms with Gasteiger partial charge in [0.15, 0.2) is 0 Å². The Morgan fingerprint density at radius 1 is 1.08 bits per heavy atom. The molecule has 4 heteroatoms. The first-order valence-corrected chi connectivity index (χ1v) is 8.19. The van der Waals surface area contributed by atoms with E-state index in [1.54, 1.807) is 6.08 Å². The number of quaternary nitrogens is 1. The Morgan fingerprint density at radius 2 is 1.71 bits per heavy atom. The molecule has 124 valence electrons. The maximum absolute atomic E-state index is 12.7. The molecule has 0 saturated carbocycles. The molecule has 1 aliphatic rings. The minimum atomic E-state index is -0.803. The maximum Gasteiger partial charge on any atom is 0.369 e. The van der Waals surface area contributed by atoms with Crippen LogP contribution in [-0.2, 0) is 16.1 Å². The van der Waals surface area contributed by atoms with Gasteiger partial charge in [-0.15, -0.1) is 0 Å². The fraction of sp³-hybridized carbons (Fsp3) is 0.250. The molecular formula is C20H21NO3. The summed E-state index contributed by atoms with van der Waals surface area (Å²) in [5.74, 6) is -0.458. The summed E-state index contributed by atoms with van der Waals surface area (Å²) in [4.78, 5) is 12.5. The summed E-state index contributed by atoms with van der Waals surface area (Å²) in [6.07, 6.45) is 4.37. The van der Waals surface area contributed by atoms with E-state index >= 15 is 0 Å². The largest absolute Gasteiger partial charge is 0.632 e. The van der Waals surface area contributed by atoms with Crippen LogP contribution in [0.15, 0.2) is 66.7 Å². The van der Waals surface area contributed by atoms with Crippen LogP contribution in [0.5, 0.6) is 0 Å². The van der Waals surface area contributed by atoms with Crippen LogP contribution in [0.2, 0.25) is 0 Å². The van der Waals surface area contributed by atoms with E-state index in [1.807, 2.05) is 66.7 Å². The van der Waals surface area contributed by atoms with Gasteiger partial charge < -0.3 is 14.6 Å². The number of esters is 1. The Hall–Kier alpha value is -2.43. The zero-order valence-corrected chi connectivity index (χ0v) is 13.5. The topological polar surface area (TPSA) is 49.4 Å². The highest BCUT2D eigenvalue weighted by Gasteiger charge is 2.39. The zero-order valence-electron chi connectivity index (χ0n) is 13.5. The second-order valence-electron chi connectivity index (χ2n) is 6.06. The smallest absolute Gasteiger partial charge is 0.369 e. The van der Waals surface area contributed by atoms with Crippen LogP contribution in [0.1, 0.15) is 17.5 Å². The van der Waals surface area contributed by atoms with E-state index in [9.17, 15) is 10.0 Å². The van der Waals surface area contributed by atoms with Crippen LogP contribution >= 0.6 is 0 Å². The first-order valence-electron chi connectivity index (χ1n) is 8.19. The molecule has 0 N–H and O–H groups in total. The first-order chi connectivity index (χ1) is 11.7. The van der Waals surface area contributed by atoms with Gasteiger partial charge in [-0.1, -0.05) is 66.7 Å². The lowest BCUT2D eigenvalue weighted by Crippen LogP contribution is -2.61. The number of hydrogen-bond donors (Lipinski definition) is 0. The van der Waals surface area contributed by atoms with Crippen molar-refractivity contribution >= 4 is 12.0 Å². The Kier molecular flexibility index (Phi) is 5.08. The Bertz CT molecular complexity index is 693. The number of ether oxygens (including phenoxy) is 1. The van der Waals surface area contributed by atoms with E-state index in [4.69, 9.17) is 4.74 Å². The Labute approximate surface area is 142 Å². The summed E-state index contributed by atoms with van der Waals surface area (Å²) in [7, 11) is 0. The summed E-state index contributed by atoms with van der Waals surface area (Å²) < 4.78 is 4.88. The predicted molar refractivity (Wildman–Crippen MR) is 93.5 cm³/mol. The lowest BCUT2D eigenvalue weighted by Gasteiger charge is -2.52. The van der Waals surface area contributed by atoms with Crippen LogP contribution in [0.4, 0.5) is 0 Å². The van der Waals surface area contributed by atoms with Crippen molar-refractivity contribution in [3.63, 3.8) is 0 Å². The van der Waals surface area contributed by atoms with Gasteiger partial charge >= 0.3 is 5.97 Å². The highest BCUT2D eigenvalue weighted by atomic mass is 16.6. The molecule has 1 heterocycles. The minimum Gasteiger partial charge on any atom is -0.632 e. The third kappa shape index (κ3) is 3.91. The first kappa shape index (κ1) is 16.4. The van der Waals surface area contributed by atoms with Crippen molar-refractivity contribution < 1.29 is 14.2 Å². The summed E-state index contributed by atoms with van der Waals surface area (Å²) in [5, 5.41) is 12.7. The zero-order chi connectivity index (χ0) is 16.8. The number of nitrogens with zero attached hydrogens (tertiary/aromatic N) is 1. The fourth-order valence-corrected chi connectivity index (χ4v) is 2.76. The van der Waals surface area contributed by atoms with Gasteiger partial charge in [-0.2, -0.15) is 0 Å². The molecule has 1 atom stereocenters. The molecule has 3 rings (SSSR count). The lowest BCUT2D eigenvalue weighted by molar-refractivity contribution is -0.927. The molecule has 2 aromatic rings. The standard InChI is InChI=1S/C20H21NO3/c22-20(24-16-18-10-5-2-6-11-18)19(21(23)14-7-15-21)13-12-17-8-3-1-4-9-17/h1-6,8-13,19H,7,14-16H2/b13-12+. The molecule has 1 saturated heterocycles.